The molecule has 1 aliphatic rings. The lowest BCUT2D eigenvalue weighted by atomic mass is 10.2. The lowest BCUT2D eigenvalue weighted by molar-refractivity contribution is 0.619. The number of hydrogen-bond acceptors (Lipinski definition) is 2. The molecule has 0 aliphatic heterocycles. The second-order valence-corrected chi connectivity index (χ2v) is 5.55. The molecule has 0 unspecified atom stereocenters. The first-order chi connectivity index (χ1) is 10.2. The maximum atomic E-state index is 13.6. The van der Waals surface area contributed by atoms with E-state index < -0.39 is 0 Å². The van der Waals surface area contributed by atoms with Crippen LogP contribution in [0.4, 0.5) is 10.1 Å². The zero-order chi connectivity index (χ0) is 15.1. The van der Waals surface area contributed by atoms with E-state index >= 15 is 0 Å². The van der Waals surface area contributed by atoms with Crippen molar-refractivity contribution in [3.8, 4) is 0 Å². The van der Waals surface area contributed by atoms with E-state index in [1.54, 1.807) is 19.2 Å². The van der Waals surface area contributed by atoms with Gasteiger partial charge in [0.05, 0.1) is 5.69 Å². The van der Waals surface area contributed by atoms with E-state index in [9.17, 15) is 4.39 Å². The van der Waals surface area contributed by atoms with Gasteiger partial charge in [0.15, 0.2) is 5.96 Å². The summed E-state index contributed by atoms with van der Waals surface area (Å²) in [5.74, 6) is 1.51. The second-order valence-electron chi connectivity index (χ2n) is 5.55. The van der Waals surface area contributed by atoms with Crippen molar-refractivity contribution in [2.24, 2.45) is 10.9 Å². The van der Waals surface area contributed by atoms with Gasteiger partial charge in [-0.15, -0.1) is 24.0 Å². The van der Waals surface area contributed by atoms with Gasteiger partial charge in [-0.3, -0.25) is 4.99 Å². The number of para-hydroxylation sites is 1. The van der Waals surface area contributed by atoms with E-state index in [-0.39, 0.29) is 29.8 Å². The van der Waals surface area contributed by atoms with Crippen LogP contribution in [-0.4, -0.2) is 39.7 Å². The van der Waals surface area contributed by atoms with Crippen LogP contribution in [0.1, 0.15) is 19.3 Å². The maximum absolute atomic E-state index is 13.6. The average molecular weight is 420 g/mol. The summed E-state index contributed by atoms with van der Waals surface area (Å²) >= 11 is 0. The first-order valence-electron chi connectivity index (χ1n) is 7.61. The predicted octanol–water partition coefficient (Wildman–Crippen LogP) is 2.85. The second kappa shape index (κ2) is 9.86. The maximum Gasteiger partial charge on any atom is 0.190 e. The van der Waals surface area contributed by atoms with Crippen LogP contribution in [0.15, 0.2) is 29.3 Å². The Hall–Kier alpha value is -1.05. The molecule has 0 radical (unpaired) electrons. The molecule has 2 rings (SSSR count). The normalized spacial score (nSPS) is 14.2. The van der Waals surface area contributed by atoms with Crippen molar-refractivity contribution in [1.82, 2.24) is 10.6 Å². The summed E-state index contributed by atoms with van der Waals surface area (Å²) in [5, 5.41) is 6.62. The quantitative estimate of drug-likeness (QED) is 0.309. The number of nitrogens with one attached hydrogen (secondary N) is 2. The van der Waals surface area contributed by atoms with E-state index in [1.807, 2.05) is 18.0 Å². The Balaban J connectivity index is 0.00000242. The standard InChI is InChI=1S/C16H25FN4.HI/c1-18-16(20-12-13-8-9-13)19-10-5-11-21(2)15-7-4-3-6-14(15)17;/h3-4,6-7,13H,5,8-12H2,1-2H3,(H2,18,19,20);1H. The highest BCUT2D eigenvalue weighted by Crippen LogP contribution is 2.27. The number of benzene rings is 1. The number of guanidine groups is 1. The van der Waals surface area contributed by atoms with Crippen molar-refractivity contribution in [3.63, 3.8) is 0 Å². The van der Waals surface area contributed by atoms with Crippen molar-refractivity contribution < 1.29 is 4.39 Å². The Labute approximate surface area is 149 Å². The molecule has 0 aromatic heterocycles. The average Bonchev–Trinajstić information content (AvgIpc) is 3.31. The van der Waals surface area contributed by atoms with Crippen LogP contribution >= 0.6 is 24.0 Å². The van der Waals surface area contributed by atoms with Crippen LogP contribution in [-0.2, 0) is 0 Å². The number of anilines is 1. The molecule has 1 aromatic carbocycles. The van der Waals surface area contributed by atoms with E-state index in [1.165, 1.54) is 18.9 Å². The number of rotatable bonds is 7. The van der Waals surface area contributed by atoms with Gasteiger partial charge in [-0.25, -0.2) is 4.39 Å². The molecule has 1 fully saturated rings. The van der Waals surface area contributed by atoms with Crippen LogP contribution in [0.2, 0.25) is 0 Å². The number of halogens is 2. The summed E-state index contributed by atoms with van der Waals surface area (Å²) in [7, 11) is 3.70. The topological polar surface area (TPSA) is 39.7 Å². The SMILES string of the molecule is CN=C(NCCCN(C)c1ccccc1F)NCC1CC1.I. The lowest BCUT2D eigenvalue weighted by Gasteiger charge is -2.20. The third-order valence-corrected chi connectivity index (χ3v) is 3.71. The van der Waals surface area contributed by atoms with E-state index in [0.29, 0.717) is 5.69 Å². The number of aliphatic imine (C=N–C) groups is 1. The Morgan fingerprint density at radius 1 is 1.32 bits per heavy atom. The third kappa shape index (κ3) is 6.37. The third-order valence-electron chi connectivity index (χ3n) is 3.71. The Bertz CT molecular complexity index is 477. The van der Waals surface area contributed by atoms with Crippen LogP contribution in [0, 0.1) is 11.7 Å². The Morgan fingerprint density at radius 3 is 2.68 bits per heavy atom. The molecule has 0 atom stereocenters. The van der Waals surface area contributed by atoms with Crippen molar-refractivity contribution in [1.29, 1.82) is 0 Å². The van der Waals surface area contributed by atoms with Crippen LogP contribution in [0.25, 0.3) is 0 Å². The van der Waals surface area contributed by atoms with Gasteiger partial charge in [-0.1, -0.05) is 12.1 Å². The molecular formula is C16H26FIN4. The fraction of sp³-hybridized carbons (Fsp3) is 0.562. The minimum Gasteiger partial charge on any atom is -0.372 e. The molecule has 0 heterocycles. The molecule has 22 heavy (non-hydrogen) atoms. The van der Waals surface area contributed by atoms with Crippen molar-refractivity contribution >= 4 is 35.6 Å². The van der Waals surface area contributed by atoms with Crippen LogP contribution in [0.5, 0.6) is 0 Å². The largest absolute Gasteiger partial charge is 0.372 e. The minimum absolute atomic E-state index is 0. The highest BCUT2D eigenvalue weighted by atomic mass is 127. The van der Waals surface area contributed by atoms with Gasteiger partial charge in [-0.05, 0) is 37.3 Å². The molecule has 6 heteroatoms. The summed E-state index contributed by atoms with van der Waals surface area (Å²) in [6.07, 6.45) is 3.59. The van der Waals surface area contributed by atoms with Crippen molar-refractivity contribution in [2.75, 3.05) is 38.6 Å². The van der Waals surface area contributed by atoms with Gasteiger partial charge in [0.25, 0.3) is 0 Å². The van der Waals surface area contributed by atoms with Gasteiger partial charge < -0.3 is 15.5 Å². The fourth-order valence-electron chi connectivity index (χ4n) is 2.19. The molecule has 1 aromatic rings. The number of nitrogens with zero attached hydrogens (tertiary/aromatic N) is 2. The first kappa shape index (κ1) is 19.0. The van der Waals surface area contributed by atoms with Gasteiger partial charge in [0, 0.05) is 33.7 Å². The highest BCUT2D eigenvalue weighted by molar-refractivity contribution is 14.0. The van der Waals surface area contributed by atoms with E-state index in [2.05, 4.69) is 15.6 Å². The minimum atomic E-state index is -0.171. The summed E-state index contributed by atoms with van der Waals surface area (Å²) in [5.41, 5.74) is 0.647. The van der Waals surface area contributed by atoms with Crippen molar-refractivity contribution in [2.45, 2.75) is 19.3 Å². The first-order valence-corrected chi connectivity index (χ1v) is 7.61. The zero-order valence-corrected chi connectivity index (χ0v) is 15.6. The van der Waals surface area contributed by atoms with Gasteiger partial charge >= 0.3 is 0 Å². The molecule has 1 saturated carbocycles. The highest BCUT2D eigenvalue weighted by Gasteiger charge is 2.20. The fourth-order valence-corrected chi connectivity index (χ4v) is 2.19. The number of hydrogen-bond donors (Lipinski definition) is 2. The Morgan fingerprint density at radius 2 is 2.05 bits per heavy atom. The van der Waals surface area contributed by atoms with Crippen LogP contribution < -0.4 is 15.5 Å². The molecule has 1 aliphatic carbocycles. The summed E-state index contributed by atoms with van der Waals surface area (Å²) < 4.78 is 13.6. The van der Waals surface area contributed by atoms with E-state index in [0.717, 1.165) is 37.9 Å². The van der Waals surface area contributed by atoms with Gasteiger partial charge in [0.1, 0.15) is 5.82 Å². The lowest BCUT2D eigenvalue weighted by Crippen LogP contribution is -2.39. The molecular weight excluding hydrogens is 394 g/mol. The van der Waals surface area contributed by atoms with Crippen LogP contribution in [0.3, 0.4) is 0 Å². The summed E-state index contributed by atoms with van der Waals surface area (Å²) in [4.78, 5) is 6.14. The molecule has 0 bridgehead atoms. The Kier molecular flexibility index (Phi) is 8.52. The monoisotopic (exact) mass is 420 g/mol. The molecule has 4 nitrogen and oxygen atoms in total. The van der Waals surface area contributed by atoms with Crippen molar-refractivity contribution in [3.05, 3.63) is 30.1 Å². The molecule has 0 saturated heterocycles. The van der Waals surface area contributed by atoms with Gasteiger partial charge in [-0.2, -0.15) is 0 Å². The van der Waals surface area contributed by atoms with E-state index in [4.69, 9.17) is 0 Å². The molecule has 2 N–H and O–H groups in total. The smallest absolute Gasteiger partial charge is 0.190 e. The molecule has 0 spiro atoms. The molecule has 124 valence electrons. The summed E-state index contributed by atoms with van der Waals surface area (Å²) in [6.45, 7) is 2.63. The zero-order valence-electron chi connectivity index (χ0n) is 13.3. The van der Waals surface area contributed by atoms with Gasteiger partial charge in [0.2, 0.25) is 0 Å². The predicted molar refractivity (Wildman–Crippen MR) is 102 cm³/mol. The molecule has 0 amide bonds. The summed E-state index contributed by atoms with van der Waals surface area (Å²) in [6, 6.07) is 6.87.